The van der Waals surface area contributed by atoms with Gasteiger partial charge in [0.15, 0.2) is 0 Å². The average Bonchev–Trinajstić information content (AvgIpc) is 2.26. The lowest BCUT2D eigenvalue weighted by Crippen LogP contribution is -2.21. The summed E-state index contributed by atoms with van der Waals surface area (Å²) in [6.45, 7) is 2.93. The highest BCUT2D eigenvalue weighted by atomic mass is 16.5. The quantitative estimate of drug-likeness (QED) is 0.823. The fourth-order valence-electron chi connectivity index (χ4n) is 1.43. The van der Waals surface area contributed by atoms with Crippen molar-refractivity contribution >= 4 is 5.97 Å². The van der Waals surface area contributed by atoms with Gasteiger partial charge in [-0.15, -0.1) is 0 Å². The summed E-state index contributed by atoms with van der Waals surface area (Å²) in [6.07, 6.45) is 0.978. The molecule has 0 saturated heterocycles. The molecule has 1 aromatic rings. The Morgan fingerprint density at radius 3 is 2.76 bits per heavy atom. The lowest BCUT2D eigenvalue weighted by atomic mass is 10.2. The number of hydrogen-bond acceptors (Lipinski definition) is 3. The first-order valence-corrected chi connectivity index (χ1v) is 5.64. The Kier molecular flexibility index (Phi) is 4.97. The van der Waals surface area contributed by atoms with Crippen molar-refractivity contribution in [1.29, 1.82) is 0 Å². The fraction of sp³-hybridized carbons (Fsp3) is 0.462. The van der Waals surface area contributed by atoms with Crippen molar-refractivity contribution in [2.75, 3.05) is 20.6 Å². The van der Waals surface area contributed by atoms with Crippen LogP contribution in [0.3, 0.4) is 0 Å². The van der Waals surface area contributed by atoms with Crippen LogP contribution in [0.2, 0.25) is 0 Å². The minimum Gasteiger partial charge on any atom is -0.491 e. The molecular formula is C13H19NO3. The molecule has 0 bridgehead atoms. The summed E-state index contributed by atoms with van der Waals surface area (Å²) in [4.78, 5) is 12.9. The fourth-order valence-corrected chi connectivity index (χ4v) is 1.43. The van der Waals surface area contributed by atoms with Crippen molar-refractivity contribution in [2.24, 2.45) is 0 Å². The molecule has 94 valence electrons. The number of nitrogens with zero attached hydrogens (tertiary/aromatic N) is 1. The molecule has 1 atom stereocenters. The molecule has 0 saturated carbocycles. The molecule has 0 amide bonds. The molecule has 4 heteroatoms. The Hall–Kier alpha value is -1.55. The predicted molar refractivity (Wildman–Crippen MR) is 66.7 cm³/mol. The molecule has 0 spiro atoms. The van der Waals surface area contributed by atoms with E-state index in [1.165, 1.54) is 0 Å². The summed E-state index contributed by atoms with van der Waals surface area (Å²) in [7, 11) is 4.02. The van der Waals surface area contributed by atoms with Crippen LogP contribution in [0.5, 0.6) is 5.75 Å². The summed E-state index contributed by atoms with van der Waals surface area (Å²) in [5.41, 5.74) is 0.252. The van der Waals surface area contributed by atoms with Gasteiger partial charge in [-0.1, -0.05) is 6.07 Å². The molecule has 0 aromatic heterocycles. The van der Waals surface area contributed by atoms with Gasteiger partial charge in [0, 0.05) is 6.54 Å². The molecule has 0 aliphatic rings. The molecule has 0 fully saturated rings. The third-order valence-corrected chi connectivity index (χ3v) is 2.40. The van der Waals surface area contributed by atoms with E-state index in [9.17, 15) is 4.79 Å². The van der Waals surface area contributed by atoms with E-state index < -0.39 is 5.97 Å². The second-order valence-electron chi connectivity index (χ2n) is 4.35. The van der Waals surface area contributed by atoms with E-state index in [2.05, 4.69) is 4.90 Å². The normalized spacial score (nSPS) is 12.5. The minimum absolute atomic E-state index is 0.0708. The maximum absolute atomic E-state index is 10.8. The van der Waals surface area contributed by atoms with Gasteiger partial charge in [-0.2, -0.15) is 0 Å². The first-order valence-electron chi connectivity index (χ1n) is 5.64. The van der Waals surface area contributed by atoms with Crippen LogP contribution >= 0.6 is 0 Å². The topological polar surface area (TPSA) is 49.8 Å². The van der Waals surface area contributed by atoms with E-state index in [0.717, 1.165) is 13.0 Å². The lowest BCUT2D eigenvalue weighted by molar-refractivity contribution is 0.0696. The number of benzene rings is 1. The molecular weight excluding hydrogens is 218 g/mol. The molecule has 1 unspecified atom stereocenters. The van der Waals surface area contributed by atoms with Gasteiger partial charge in [-0.25, -0.2) is 4.79 Å². The van der Waals surface area contributed by atoms with Gasteiger partial charge >= 0.3 is 5.97 Å². The van der Waals surface area contributed by atoms with Gasteiger partial charge in [0.05, 0.1) is 11.7 Å². The zero-order chi connectivity index (χ0) is 12.8. The van der Waals surface area contributed by atoms with Crippen LogP contribution in [0.15, 0.2) is 24.3 Å². The number of carboxylic acid groups (broad SMARTS) is 1. The summed E-state index contributed by atoms with van der Waals surface area (Å²) < 4.78 is 5.67. The lowest BCUT2D eigenvalue weighted by Gasteiger charge is -2.17. The van der Waals surface area contributed by atoms with Crippen molar-refractivity contribution in [3.8, 4) is 5.75 Å². The van der Waals surface area contributed by atoms with Gasteiger partial charge in [0.1, 0.15) is 5.75 Å². The van der Waals surface area contributed by atoms with E-state index in [1.54, 1.807) is 24.3 Å². The maximum atomic E-state index is 10.8. The highest BCUT2D eigenvalue weighted by molar-refractivity contribution is 5.87. The van der Waals surface area contributed by atoms with E-state index in [1.807, 2.05) is 21.0 Å². The monoisotopic (exact) mass is 237 g/mol. The van der Waals surface area contributed by atoms with Crippen molar-refractivity contribution in [2.45, 2.75) is 19.4 Å². The largest absolute Gasteiger partial charge is 0.491 e. The van der Waals surface area contributed by atoms with Crippen LogP contribution < -0.4 is 4.74 Å². The van der Waals surface area contributed by atoms with Crippen molar-refractivity contribution < 1.29 is 14.6 Å². The summed E-state index contributed by atoms with van der Waals surface area (Å²) >= 11 is 0. The third-order valence-electron chi connectivity index (χ3n) is 2.40. The SMILES string of the molecule is CC(CCN(C)C)Oc1cccc(C(=O)O)c1. The summed E-state index contributed by atoms with van der Waals surface area (Å²) in [6, 6.07) is 6.57. The molecule has 0 heterocycles. The Morgan fingerprint density at radius 2 is 2.18 bits per heavy atom. The number of hydrogen-bond donors (Lipinski definition) is 1. The van der Waals surface area contributed by atoms with Gasteiger partial charge in [-0.3, -0.25) is 0 Å². The number of carboxylic acids is 1. The van der Waals surface area contributed by atoms with Crippen LogP contribution in [0.25, 0.3) is 0 Å². The first-order chi connectivity index (χ1) is 7.99. The predicted octanol–water partition coefficient (Wildman–Crippen LogP) is 2.10. The molecule has 1 N–H and O–H groups in total. The number of carbonyl (C=O) groups is 1. The highest BCUT2D eigenvalue weighted by Crippen LogP contribution is 2.15. The van der Waals surface area contributed by atoms with Crippen LogP contribution in [-0.2, 0) is 0 Å². The third kappa shape index (κ3) is 4.87. The average molecular weight is 237 g/mol. The maximum Gasteiger partial charge on any atom is 0.335 e. The molecule has 1 aromatic carbocycles. The molecule has 0 aliphatic heterocycles. The van der Waals surface area contributed by atoms with Crippen LogP contribution in [0, 0.1) is 0 Å². The smallest absolute Gasteiger partial charge is 0.335 e. The number of ether oxygens (including phenoxy) is 1. The van der Waals surface area contributed by atoms with Gasteiger partial charge in [0.2, 0.25) is 0 Å². The van der Waals surface area contributed by atoms with E-state index in [4.69, 9.17) is 9.84 Å². The summed E-state index contributed by atoms with van der Waals surface area (Å²) in [5.74, 6) is -0.326. The Morgan fingerprint density at radius 1 is 1.47 bits per heavy atom. The van der Waals surface area contributed by atoms with Gasteiger partial charge in [-0.05, 0) is 45.6 Å². The highest BCUT2D eigenvalue weighted by Gasteiger charge is 2.07. The van der Waals surface area contributed by atoms with Crippen molar-refractivity contribution in [3.05, 3.63) is 29.8 Å². The standard InChI is InChI=1S/C13H19NO3/c1-10(7-8-14(2)3)17-12-6-4-5-11(9-12)13(15)16/h4-6,9-10H,7-8H2,1-3H3,(H,15,16). The van der Waals surface area contributed by atoms with E-state index in [0.29, 0.717) is 5.75 Å². The van der Waals surface area contributed by atoms with Crippen molar-refractivity contribution in [3.63, 3.8) is 0 Å². The number of aromatic carboxylic acids is 1. The van der Waals surface area contributed by atoms with E-state index >= 15 is 0 Å². The Labute approximate surface area is 102 Å². The summed E-state index contributed by atoms with van der Waals surface area (Å²) in [5, 5.41) is 8.86. The van der Waals surface area contributed by atoms with Crippen LogP contribution in [0.4, 0.5) is 0 Å². The Bertz CT molecular complexity index is 377. The molecule has 17 heavy (non-hydrogen) atoms. The Balaban J connectivity index is 2.56. The van der Waals surface area contributed by atoms with Gasteiger partial charge < -0.3 is 14.7 Å². The minimum atomic E-state index is -0.934. The van der Waals surface area contributed by atoms with Crippen molar-refractivity contribution in [1.82, 2.24) is 4.90 Å². The second-order valence-corrected chi connectivity index (χ2v) is 4.35. The number of rotatable bonds is 6. The zero-order valence-corrected chi connectivity index (χ0v) is 10.5. The first kappa shape index (κ1) is 13.5. The molecule has 1 rings (SSSR count). The molecule has 4 nitrogen and oxygen atoms in total. The zero-order valence-electron chi connectivity index (χ0n) is 10.5. The van der Waals surface area contributed by atoms with E-state index in [-0.39, 0.29) is 11.7 Å². The molecule has 0 aliphatic carbocycles. The molecule has 0 radical (unpaired) electrons. The van der Waals surface area contributed by atoms with Crippen LogP contribution in [-0.4, -0.2) is 42.7 Å². The second kappa shape index (κ2) is 6.25. The van der Waals surface area contributed by atoms with Gasteiger partial charge in [0.25, 0.3) is 0 Å². The van der Waals surface area contributed by atoms with Crippen LogP contribution in [0.1, 0.15) is 23.7 Å².